The molecule has 1 aliphatic carbocycles. The molecule has 0 N–H and O–H groups in total. The highest BCUT2D eigenvalue weighted by Gasteiger charge is 2.56. The molecular formula is C22H32O3. The molecule has 3 nitrogen and oxygen atoms in total. The van der Waals surface area contributed by atoms with Crippen molar-refractivity contribution in [2.24, 2.45) is 11.3 Å². The number of methoxy groups -OCH3 is 2. The molecule has 1 saturated heterocycles. The van der Waals surface area contributed by atoms with E-state index in [0.717, 1.165) is 30.8 Å². The van der Waals surface area contributed by atoms with Crippen molar-refractivity contribution in [3.8, 4) is 11.5 Å². The highest BCUT2D eigenvalue weighted by Crippen LogP contribution is 2.61. The minimum absolute atomic E-state index is 0.0187. The summed E-state index contributed by atoms with van der Waals surface area (Å²) < 4.78 is 18.4. The molecule has 2 heterocycles. The minimum atomic E-state index is 0.0187. The Bertz CT molecular complexity index is 691. The standard InChI is InChI=1S/C22H32O3/c1-13(2)15-10-16-17(20(24-6)19(15)23-5)12-22-8-7-21(3,4)11-14(22)9-18(16)25-22/h10,13-14,18H,7-9,11-12H2,1-6H3/t14-,18-,22-/m0/s1. The molecule has 0 aromatic heterocycles. The van der Waals surface area contributed by atoms with Crippen LogP contribution >= 0.6 is 0 Å². The Hall–Kier alpha value is -1.22. The van der Waals surface area contributed by atoms with Crippen LogP contribution in [0.15, 0.2) is 6.07 Å². The highest BCUT2D eigenvalue weighted by molar-refractivity contribution is 5.59. The average molecular weight is 344 g/mol. The van der Waals surface area contributed by atoms with E-state index in [1.165, 1.54) is 29.5 Å². The summed E-state index contributed by atoms with van der Waals surface area (Å²) in [5.41, 5.74) is 4.37. The van der Waals surface area contributed by atoms with E-state index in [0.29, 0.717) is 17.3 Å². The van der Waals surface area contributed by atoms with Gasteiger partial charge in [-0.15, -0.1) is 0 Å². The van der Waals surface area contributed by atoms with Crippen molar-refractivity contribution >= 4 is 0 Å². The first-order valence-corrected chi connectivity index (χ1v) is 9.76. The zero-order chi connectivity index (χ0) is 18.0. The summed E-state index contributed by atoms with van der Waals surface area (Å²) in [6.07, 6.45) is 6.03. The average Bonchev–Trinajstić information content (AvgIpc) is 2.85. The molecule has 25 heavy (non-hydrogen) atoms. The van der Waals surface area contributed by atoms with Gasteiger partial charge in [-0.1, -0.05) is 27.7 Å². The van der Waals surface area contributed by atoms with Gasteiger partial charge in [-0.2, -0.15) is 0 Å². The fourth-order valence-corrected chi connectivity index (χ4v) is 5.56. The van der Waals surface area contributed by atoms with E-state index >= 15 is 0 Å². The molecule has 1 aromatic rings. The molecule has 0 radical (unpaired) electrons. The first-order valence-electron chi connectivity index (χ1n) is 9.76. The largest absolute Gasteiger partial charge is 0.493 e. The van der Waals surface area contributed by atoms with Crippen LogP contribution < -0.4 is 9.47 Å². The van der Waals surface area contributed by atoms with Crippen molar-refractivity contribution in [2.75, 3.05) is 14.2 Å². The Labute approximate surface area is 152 Å². The summed E-state index contributed by atoms with van der Waals surface area (Å²) in [5.74, 6) is 2.92. The quantitative estimate of drug-likeness (QED) is 0.734. The SMILES string of the molecule is COc1c(C(C)C)cc2c(c1OC)C[C@@]13CCC(C)(C)C[C@@H]1C[C@@H]2O3. The van der Waals surface area contributed by atoms with Crippen LogP contribution in [0.4, 0.5) is 0 Å². The minimum Gasteiger partial charge on any atom is -0.493 e. The lowest BCUT2D eigenvalue weighted by atomic mass is 9.63. The Morgan fingerprint density at radius 2 is 1.84 bits per heavy atom. The van der Waals surface area contributed by atoms with Gasteiger partial charge in [-0.05, 0) is 54.6 Å². The predicted octanol–water partition coefficient (Wildman–Crippen LogP) is 5.41. The topological polar surface area (TPSA) is 27.7 Å². The number of benzene rings is 1. The molecule has 1 aromatic carbocycles. The van der Waals surface area contributed by atoms with E-state index in [9.17, 15) is 0 Å². The monoisotopic (exact) mass is 344 g/mol. The van der Waals surface area contributed by atoms with Crippen LogP contribution in [0.3, 0.4) is 0 Å². The number of rotatable bonds is 3. The summed E-state index contributed by atoms with van der Waals surface area (Å²) in [5, 5.41) is 0. The van der Waals surface area contributed by atoms with Gasteiger partial charge < -0.3 is 14.2 Å². The summed E-state index contributed by atoms with van der Waals surface area (Å²) in [6.45, 7) is 9.25. The molecule has 2 bridgehead atoms. The van der Waals surface area contributed by atoms with E-state index in [4.69, 9.17) is 14.2 Å². The van der Waals surface area contributed by atoms with Gasteiger partial charge >= 0.3 is 0 Å². The Morgan fingerprint density at radius 3 is 2.48 bits per heavy atom. The number of hydrogen-bond acceptors (Lipinski definition) is 3. The lowest BCUT2D eigenvalue weighted by Gasteiger charge is -2.46. The van der Waals surface area contributed by atoms with Gasteiger partial charge in [0.05, 0.1) is 25.9 Å². The van der Waals surface area contributed by atoms with Crippen molar-refractivity contribution < 1.29 is 14.2 Å². The van der Waals surface area contributed by atoms with Crippen LogP contribution in [-0.2, 0) is 11.2 Å². The molecule has 0 unspecified atom stereocenters. The van der Waals surface area contributed by atoms with E-state index in [-0.39, 0.29) is 11.7 Å². The van der Waals surface area contributed by atoms with Gasteiger partial charge in [-0.3, -0.25) is 0 Å². The van der Waals surface area contributed by atoms with Crippen molar-refractivity contribution in [2.45, 2.75) is 77.4 Å². The zero-order valence-electron chi connectivity index (χ0n) is 16.6. The predicted molar refractivity (Wildman–Crippen MR) is 99.6 cm³/mol. The number of hydrogen-bond donors (Lipinski definition) is 0. The molecular weight excluding hydrogens is 312 g/mol. The lowest BCUT2D eigenvalue weighted by Crippen LogP contribution is -2.46. The third kappa shape index (κ3) is 2.50. The molecule has 3 heteroatoms. The normalized spacial score (nSPS) is 32.3. The first-order chi connectivity index (χ1) is 11.8. The Kier molecular flexibility index (Phi) is 3.88. The second-order valence-electron chi connectivity index (χ2n) is 9.40. The summed E-state index contributed by atoms with van der Waals surface area (Å²) in [7, 11) is 3.53. The molecule has 1 saturated carbocycles. The molecule has 0 amide bonds. The third-order valence-corrected chi connectivity index (χ3v) is 6.90. The van der Waals surface area contributed by atoms with Crippen LogP contribution in [0, 0.1) is 11.3 Å². The fraction of sp³-hybridized carbons (Fsp3) is 0.727. The number of fused-ring (bicyclic) bond motifs is 3. The smallest absolute Gasteiger partial charge is 0.164 e. The molecule has 1 spiro atoms. The molecule has 2 fully saturated rings. The summed E-state index contributed by atoms with van der Waals surface area (Å²) in [4.78, 5) is 0. The van der Waals surface area contributed by atoms with E-state index in [2.05, 4.69) is 33.8 Å². The summed E-state index contributed by atoms with van der Waals surface area (Å²) in [6, 6.07) is 2.33. The first kappa shape index (κ1) is 17.2. The van der Waals surface area contributed by atoms with Crippen LogP contribution in [0.5, 0.6) is 11.5 Å². The molecule has 3 aliphatic rings. The van der Waals surface area contributed by atoms with Gasteiger partial charge in [0.15, 0.2) is 11.5 Å². The molecule has 138 valence electrons. The van der Waals surface area contributed by atoms with E-state index < -0.39 is 0 Å². The maximum Gasteiger partial charge on any atom is 0.164 e. The molecule has 4 rings (SSSR count). The Morgan fingerprint density at radius 1 is 1.12 bits per heavy atom. The van der Waals surface area contributed by atoms with E-state index in [1.807, 2.05) is 0 Å². The van der Waals surface area contributed by atoms with Gasteiger partial charge in [-0.25, -0.2) is 0 Å². The molecule has 2 aliphatic heterocycles. The van der Waals surface area contributed by atoms with Crippen LogP contribution in [0.25, 0.3) is 0 Å². The van der Waals surface area contributed by atoms with Crippen LogP contribution in [-0.4, -0.2) is 19.8 Å². The maximum atomic E-state index is 6.72. The van der Waals surface area contributed by atoms with Gasteiger partial charge in [0.1, 0.15) is 0 Å². The highest BCUT2D eigenvalue weighted by atomic mass is 16.5. The Balaban J connectivity index is 1.83. The van der Waals surface area contributed by atoms with Crippen LogP contribution in [0.1, 0.15) is 82.1 Å². The second-order valence-corrected chi connectivity index (χ2v) is 9.40. The zero-order valence-corrected chi connectivity index (χ0v) is 16.6. The van der Waals surface area contributed by atoms with Crippen molar-refractivity contribution in [1.29, 1.82) is 0 Å². The number of ether oxygens (including phenoxy) is 3. The summed E-state index contributed by atoms with van der Waals surface area (Å²) >= 11 is 0. The van der Waals surface area contributed by atoms with Gasteiger partial charge in [0, 0.05) is 17.5 Å². The van der Waals surface area contributed by atoms with Crippen molar-refractivity contribution in [3.05, 3.63) is 22.8 Å². The van der Waals surface area contributed by atoms with E-state index in [1.54, 1.807) is 14.2 Å². The van der Waals surface area contributed by atoms with Gasteiger partial charge in [0.2, 0.25) is 0 Å². The van der Waals surface area contributed by atoms with Crippen molar-refractivity contribution in [3.63, 3.8) is 0 Å². The maximum absolute atomic E-state index is 6.72. The van der Waals surface area contributed by atoms with Crippen LogP contribution in [0.2, 0.25) is 0 Å². The lowest BCUT2D eigenvalue weighted by molar-refractivity contribution is -0.103. The van der Waals surface area contributed by atoms with Crippen molar-refractivity contribution in [1.82, 2.24) is 0 Å². The molecule has 3 atom stereocenters. The fourth-order valence-electron chi connectivity index (χ4n) is 5.56. The third-order valence-electron chi connectivity index (χ3n) is 6.90. The van der Waals surface area contributed by atoms with Gasteiger partial charge in [0.25, 0.3) is 0 Å². The second kappa shape index (κ2) is 5.64.